The summed E-state index contributed by atoms with van der Waals surface area (Å²) in [5.41, 5.74) is 0.248. The number of aromatic nitrogens is 3. The molecule has 1 amide bonds. The van der Waals surface area contributed by atoms with E-state index in [2.05, 4.69) is 15.5 Å². The Labute approximate surface area is 128 Å². The molecular weight excluding hydrogens is 287 g/mol. The summed E-state index contributed by atoms with van der Waals surface area (Å²) in [4.78, 5) is 13.8. The van der Waals surface area contributed by atoms with Crippen molar-refractivity contribution in [1.29, 1.82) is 0 Å². The van der Waals surface area contributed by atoms with Gasteiger partial charge in [0.05, 0.1) is 32.1 Å². The molecule has 1 N–H and O–H groups in total. The molecule has 0 saturated carbocycles. The smallest absolute Gasteiger partial charge is 0.251 e. The van der Waals surface area contributed by atoms with Crippen LogP contribution in [-0.4, -0.2) is 34.1 Å². The maximum atomic E-state index is 13.7. The molecule has 0 radical (unpaired) electrons. The highest BCUT2D eigenvalue weighted by molar-refractivity contribution is 5.94. The number of carbonyl (C=O) groups excluding carboxylic acids is 1. The van der Waals surface area contributed by atoms with Gasteiger partial charge in [-0.3, -0.25) is 4.79 Å². The van der Waals surface area contributed by atoms with Gasteiger partial charge >= 0.3 is 0 Å². The van der Waals surface area contributed by atoms with Crippen molar-refractivity contribution < 1.29 is 13.9 Å². The van der Waals surface area contributed by atoms with Crippen molar-refractivity contribution in [2.24, 2.45) is 5.92 Å². The predicted octanol–water partition coefficient (Wildman–Crippen LogP) is 1.88. The number of hydrogen-bond donors (Lipinski definition) is 1. The van der Waals surface area contributed by atoms with Gasteiger partial charge in [-0.2, -0.15) is 15.0 Å². The Morgan fingerprint density at radius 3 is 2.59 bits per heavy atom. The van der Waals surface area contributed by atoms with Crippen LogP contribution in [0.25, 0.3) is 0 Å². The molecule has 0 aliphatic rings. The Hall–Kier alpha value is -2.44. The lowest BCUT2D eigenvalue weighted by Crippen LogP contribution is -2.42. The van der Waals surface area contributed by atoms with Crippen molar-refractivity contribution in [1.82, 2.24) is 20.3 Å². The lowest BCUT2D eigenvalue weighted by Gasteiger charge is -2.22. The minimum Gasteiger partial charge on any atom is -0.494 e. The molecule has 1 unspecified atom stereocenters. The fourth-order valence-corrected chi connectivity index (χ4v) is 2.00. The van der Waals surface area contributed by atoms with Crippen LogP contribution in [0, 0.1) is 11.7 Å². The highest BCUT2D eigenvalue weighted by Gasteiger charge is 2.19. The minimum absolute atomic E-state index is 0.109. The summed E-state index contributed by atoms with van der Waals surface area (Å²) in [6, 6.07) is 3.97. The first-order valence-corrected chi connectivity index (χ1v) is 6.99. The van der Waals surface area contributed by atoms with Crippen LogP contribution >= 0.6 is 0 Å². The second-order valence-corrected chi connectivity index (χ2v) is 5.26. The zero-order chi connectivity index (χ0) is 16.1. The van der Waals surface area contributed by atoms with E-state index in [0.717, 1.165) is 6.07 Å². The third kappa shape index (κ3) is 3.81. The lowest BCUT2D eigenvalue weighted by atomic mass is 10.0. The largest absolute Gasteiger partial charge is 0.494 e. The number of methoxy groups -OCH3 is 1. The van der Waals surface area contributed by atoms with E-state index in [1.54, 1.807) is 12.4 Å². The van der Waals surface area contributed by atoms with Gasteiger partial charge in [-0.1, -0.05) is 13.8 Å². The summed E-state index contributed by atoms with van der Waals surface area (Å²) in [6.45, 7) is 4.43. The van der Waals surface area contributed by atoms with Gasteiger partial charge < -0.3 is 10.1 Å². The molecule has 22 heavy (non-hydrogen) atoms. The highest BCUT2D eigenvalue weighted by Crippen LogP contribution is 2.18. The third-order valence-corrected chi connectivity index (χ3v) is 3.36. The molecule has 1 aromatic carbocycles. The van der Waals surface area contributed by atoms with Crippen LogP contribution in [-0.2, 0) is 6.54 Å². The van der Waals surface area contributed by atoms with Crippen molar-refractivity contribution in [3.8, 4) is 5.75 Å². The number of carbonyl (C=O) groups is 1. The average molecular weight is 306 g/mol. The second kappa shape index (κ2) is 7.02. The van der Waals surface area contributed by atoms with E-state index in [1.807, 2.05) is 13.8 Å². The maximum Gasteiger partial charge on any atom is 0.251 e. The maximum absolute atomic E-state index is 13.7. The fourth-order valence-electron chi connectivity index (χ4n) is 2.00. The van der Waals surface area contributed by atoms with Gasteiger partial charge in [-0.25, -0.2) is 4.39 Å². The zero-order valence-corrected chi connectivity index (χ0v) is 12.8. The van der Waals surface area contributed by atoms with E-state index < -0.39 is 5.82 Å². The van der Waals surface area contributed by atoms with Gasteiger partial charge in [-0.15, -0.1) is 0 Å². The Morgan fingerprint density at radius 2 is 2.05 bits per heavy atom. The van der Waals surface area contributed by atoms with Gasteiger partial charge in [0.2, 0.25) is 0 Å². The quantitative estimate of drug-likeness (QED) is 0.884. The van der Waals surface area contributed by atoms with Crippen LogP contribution < -0.4 is 10.1 Å². The van der Waals surface area contributed by atoms with Crippen LogP contribution in [0.15, 0.2) is 30.6 Å². The van der Waals surface area contributed by atoms with E-state index in [4.69, 9.17) is 4.74 Å². The van der Waals surface area contributed by atoms with Crippen LogP contribution in [0.2, 0.25) is 0 Å². The first-order valence-electron chi connectivity index (χ1n) is 6.99. The molecule has 0 fully saturated rings. The monoisotopic (exact) mass is 306 g/mol. The summed E-state index contributed by atoms with van der Waals surface area (Å²) >= 11 is 0. The third-order valence-electron chi connectivity index (χ3n) is 3.36. The summed E-state index contributed by atoms with van der Waals surface area (Å²) in [6.07, 6.45) is 3.16. The number of ether oxygens (including phenoxy) is 1. The van der Waals surface area contributed by atoms with Gasteiger partial charge in [0.1, 0.15) is 0 Å². The first-order chi connectivity index (χ1) is 10.5. The van der Waals surface area contributed by atoms with E-state index in [9.17, 15) is 9.18 Å². The van der Waals surface area contributed by atoms with E-state index >= 15 is 0 Å². The second-order valence-electron chi connectivity index (χ2n) is 5.26. The summed E-state index contributed by atoms with van der Waals surface area (Å²) in [7, 11) is 1.38. The van der Waals surface area contributed by atoms with E-state index in [-0.39, 0.29) is 29.2 Å². The zero-order valence-electron chi connectivity index (χ0n) is 12.8. The average Bonchev–Trinajstić information content (AvgIpc) is 2.99. The van der Waals surface area contributed by atoms with Crippen molar-refractivity contribution >= 4 is 5.91 Å². The number of rotatable bonds is 6. The topological polar surface area (TPSA) is 69.0 Å². The summed E-state index contributed by atoms with van der Waals surface area (Å²) in [5.74, 6) is -0.617. The van der Waals surface area contributed by atoms with Crippen LogP contribution in [0.3, 0.4) is 0 Å². The Morgan fingerprint density at radius 1 is 1.36 bits per heavy atom. The van der Waals surface area contributed by atoms with Gasteiger partial charge in [-0.05, 0) is 24.1 Å². The Balaban J connectivity index is 2.09. The highest BCUT2D eigenvalue weighted by atomic mass is 19.1. The van der Waals surface area contributed by atoms with Crippen molar-refractivity contribution in [2.45, 2.75) is 26.4 Å². The molecule has 2 aromatic rings. The first kappa shape index (κ1) is 15.9. The number of halogens is 1. The molecule has 0 spiro atoms. The molecule has 7 heteroatoms. The molecule has 2 rings (SSSR count). The summed E-state index contributed by atoms with van der Waals surface area (Å²) < 4.78 is 18.5. The Kier molecular flexibility index (Phi) is 5.08. The molecule has 1 atom stereocenters. The van der Waals surface area contributed by atoms with Crippen molar-refractivity contribution in [3.05, 3.63) is 42.0 Å². The van der Waals surface area contributed by atoms with Crippen molar-refractivity contribution in [2.75, 3.05) is 7.11 Å². The molecule has 0 aliphatic heterocycles. The minimum atomic E-state index is -0.565. The molecule has 0 aliphatic carbocycles. The fraction of sp³-hybridized carbons (Fsp3) is 0.400. The predicted molar refractivity (Wildman–Crippen MR) is 79.1 cm³/mol. The van der Waals surface area contributed by atoms with Gasteiger partial charge in [0.15, 0.2) is 11.6 Å². The van der Waals surface area contributed by atoms with E-state index in [0.29, 0.717) is 6.54 Å². The molecule has 0 bridgehead atoms. The number of nitrogens with zero attached hydrogens (tertiary/aromatic N) is 3. The van der Waals surface area contributed by atoms with E-state index in [1.165, 1.54) is 24.0 Å². The summed E-state index contributed by atoms with van der Waals surface area (Å²) in [5, 5.41) is 11.0. The molecule has 1 heterocycles. The number of nitrogens with one attached hydrogen (secondary N) is 1. The normalized spacial score (nSPS) is 12.2. The molecule has 118 valence electrons. The molecule has 1 aromatic heterocycles. The molecule has 6 nitrogen and oxygen atoms in total. The van der Waals surface area contributed by atoms with Crippen molar-refractivity contribution in [3.63, 3.8) is 0 Å². The number of hydrogen-bond acceptors (Lipinski definition) is 4. The van der Waals surface area contributed by atoms with Crippen LogP contribution in [0.1, 0.15) is 24.2 Å². The van der Waals surface area contributed by atoms with Crippen LogP contribution in [0.5, 0.6) is 5.75 Å². The molecular formula is C15H19FN4O2. The van der Waals surface area contributed by atoms with Crippen LogP contribution in [0.4, 0.5) is 4.39 Å². The lowest BCUT2D eigenvalue weighted by molar-refractivity contribution is 0.0917. The Bertz CT molecular complexity index is 628. The van der Waals surface area contributed by atoms with Gasteiger partial charge in [0.25, 0.3) is 5.91 Å². The molecule has 0 saturated heterocycles. The standard InChI is InChI=1S/C15H19FN4O2/c1-10(2)13(9-20-17-6-7-18-20)19-15(21)11-4-5-14(22-3)12(16)8-11/h4-8,10,13H,9H2,1-3H3,(H,19,21). The number of benzene rings is 1. The number of amides is 1. The SMILES string of the molecule is COc1ccc(C(=O)NC(Cn2nccn2)C(C)C)cc1F. The van der Waals surface area contributed by atoms with Gasteiger partial charge in [0, 0.05) is 5.56 Å².